The highest BCUT2D eigenvalue weighted by molar-refractivity contribution is 6.10. The van der Waals surface area contributed by atoms with Crippen LogP contribution < -0.4 is 19.3 Å². The number of ether oxygens (including phenoxy) is 2. The molecule has 2 amide bonds. The molecule has 3 N–H and O–H groups in total. The van der Waals surface area contributed by atoms with Crippen LogP contribution in [-0.4, -0.2) is 48.4 Å². The lowest BCUT2D eigenvalue weighted by atomic mass is 10.1. The molecule has 11 nitrogen and oxygen atoms in total. The van der Waals surface area contributed by atoms with Gasteiger partial charge in [-0.25, -0.2) is 9.69 Å². The van der Waals surface area contributed by atoms with E-state index in [1.54, 1.807) is 27.8 Å². The van der Waals surface area contributed by atoms with Crippen LogP contribution in [0, 0.1) is 0 Å². The number of benzene rings is 2. The van der Waals surface area contributed by atoms with Crippen molar-refractivity contribution in [3.05, 3.63) is 66.4 Å². The van der Waals surface area contributed by atoms with Gasteiger partial charge in [-0.2, -0.15) is 10.1 Å². The van der Waals surface area contributed by atoms with Crippen molar-refractivity contribution in [2.24, 2.45) is 7.05 Å². The van der Waals surface area contributed by atoms with Gasteiger partial charge in [-0.1, -0.05) is 0 Å². The van der Waals surface area contributed by atoms with E-state index in [4.69, 9.17) is 20.1 Å². The smallest absolute Gasteiger partial charge is 0.453 e. The van der Waals surface area contributed by atoms with Gasteiger partial charge >= 0.3 is 12.2 Å². The average Bonchev–Trinajstić information content (AvgIpc) is 3.17. The van der Waals surface area contributed by atoms with Crippen molar-refractivity contribution in [3.63, 3.8) is 0 Å². The fourth-order valence-corrected chi connectivity index (χ4v) is 4.09. The highest BCUT2D eigenvalue weighted by Crippen LogP contribution is 2.38. The van der Waals surface area contributed by atoms with E-state index in [0.29, 0.717) is 29.6 Å². The lowest BCUT2D eigenvalue weighted by Gasteiger charge is -2.36. The number of hydrogen-bond acceptors (Lipinski definition) is 8. The molecular formula is C25H25N5O6. The normalized spacial score (nSPS) is 13.9. The van der Waals surface area contributed by atoms with E-state index in [9.17, 15) is 4.79 Å². The first-order valence-corrected chi connectivity index (χ1v) is 11.3. The summed E-state index contributed by atoms with van der Waals surface area (Å²) in [6.45, 7) is 4.08. The maximum atomic E-state index is 13.9. The number of carbonyl (C=O) groups excluding carboxylic acids is 1. The molecule has 0 saturated heterocycles. The number of nitrogens with zero attached hydrogens (tertiary/aromatic N) is 5. The first-order valence-electron chi connectivity index (χ1n) is 11.3. The highest BCUT2D eigenvalue weighted by Gasteiger charge is 2.34. The molecule has 4 aromatic rings. The summed E-state index contributed by atoms with van der Waals surface area (Å²) >= 11 is 0. The molecule has 0 bridgehead atoms. The van der Waals surface area contributed by atoms with Crippen LogP contribution in [0.2, 0.25) is 0 Å². The molecule has 0 radical (unpaired) electrons. The van der Waals surface area contributed by atoms with E-state index in [1.165, 1.54) is 17.0 Å². The number of aromatic nitrogens is 3. The van der Waals surface area contributed by atoms with Gasteiger partial charge in [-0.3, -0.25) is 9.58 Å². The number of amides is 2. The first kappa shape index (κ1) is 23.5. The standard InChI is InChI=1S/C25H25N5O6/c1-15(2)35-22-11-4-16-14-29(19-7-10-21-17(12-19)13-28(3)27-21)24(31)30(23(16)26-22)18-5-8-20(9-6-18)36-25(32,33)34/h4-13,15,32-34H,14H2,1-3H3. The Morgan fingerprint density at radius 2 is 1.72 bits per heavy atom. The Labute approximate surface area is 206 Å². The van der Waals surface area contributed by atoms with Crippen LogP contribution in [0.3, 0.4) is 0 Å². The summed E-state index contributed by atoms with van der Waals surface area (Å²) in [6, 6.07) is 14.8. The summed E-state index contributed by atoms with van der Waals surface area (Å²) in [5.41, 5.74) is 2.78. The third-order valence-corrected chi connectivity index (χ3v) is 5.51. The van der Waals surface area contributed by atoms with Gasteiger partial charge in [0.15, 0.2) is 0 Å². The van der Waals surface area contributed by atoms with Gasteiger partial charge in [0.05, 0.1) is 23.9 Å². The van der Waals surface area contributed by atoms with Crippen LogP contribution in [0.1, 0.15) is 19.4 Å². The predicted molar refractivity (Wildman–Crippen MR) is 131 cm³/mol. The Morgan fingerprint density at radius 1 is 1.00 bits per heavy atom. The molecule has 0 atom stereocenters. The highest BCUT2D eigenvalue weighted by atomic mass is 16.9. The van der Waals surface area contributed by atoms with E-state index in [2.05, 4.69) is 14.8 Å². The van der Waals surface area contributed by atoms with Crippen LogP contribution in [0.25, 0.3) is 10.9 Å². The molecule has 0 saturated carbocycles. The van der Waals surface area contributed by atoms with Gasteiger partial charge in [0.1, 0.15) is 11.6 Å². The number of pyridine rings is 1. The maximum Gasteiger partial charge on any atom is 0.453 e. The van der Waals surface area contributed by atoms with Crippen LogP contribution >= 0.6 is 0 Å². The molecule has 186 valence electrons. The van der Waals surface area contributed by atoms with Gasteiger partial charge in [0.25, 0.3) is 0 Å². The molecule has 2 aromatic heterocycles. The largest absolute Gasteiger partial charge is 0.475 e. The average molecular weight is 492 g/mol. The molecule has 0 spiro atoms. The first-order chi connectivity index (χ1) is 17.1. The van der Waals surface area contributed by atoms with E-state index < -0.39 is 6.16 Å². The Bertz CT molecular complexity index is 1430. The Kier molecular flexibility index (Phi) is 5.75. The third kappa shape index (κ3) is 4.67. The van der Waals surface area contributed by atoms with Gasteiger partial charge in [0, 0.05) is 35.9 Å². The van der Waals surface area contributed by atoms with Gasteiger partial charge in [-0.05, 0) is 62.4 Å². The second-order valence-corrected chi connectivity index (χ2v) is 8.72. The Morgan fingerprint density at radius 3 is 2.42 bits per heavy atom. The third-order valence-electron chi connectivity index (χ3n) is 5.51. The van der Waals surface area contributed by atoms with Crippen LogP contribution in [0.4, 0.5) is 22.0 Å². The molecule has 36 heavy (non-hydrogen) atoms. The number of hydrogen-bond donors (Lipinski definition) is 3. The number of rotatable bonds is 6. The molecule has 1 aliphatic heterocycles. The summed E-state index contributed by atoms with van der Waals surface area (Å²) < 4.78 is 12.1. The molecule has 5 rings (SSSR count). The van der Waals surface area contributed by atoms with Crippen molar-refractivity contribution >= 4 is 34.1 Å². The van der Waals surface area contributed by atoms with Crippen molar-refractivity contribution in [2.75, 3.05) is 9.80 Å². The monoisotopic (exact) mass is 491 g/mol. The van der Waals surface area contributed by atoms with Crippen LogP contribution in [0.5, 0.6) is 11.6 Å². The molecule has 0 aliphatic carbocycles. The molecule has 3 heterocycles. The Hall–Kier alpha value is -4.19. The van der Waals surface area contributed by atoms with Crippen molar-refractivity contribution < 1.29 is 29.6 Å². The van der Waals surface area contributed by atoms with E-state index in [0.717, 1.165) is 16.5 Å². The lowest BCUT2D eigenvalue weighted by molar-refractivity contribution is -0.419. The number of fused-ring (bicyclic) bond motifs is 2. The number of aryl methyl sites for hydroxylation is 1. The number of carbonyl (C=O) groups is 1. The van der Waals surface area contributed by atoms with Crippen molar-refractivity contribution in [2.45, 2.75) is 32.7 Å². The molecule has 1 aliphatic rings. The summed E-state index contributed by atoms with van der Waals surface area (Å²) in [4.78, 5) is 21.6. The lowest BCUT2D eigenvalue weighted by Crippen LogP contribution is -2.45. The SMILES string of the molecule is CC(C)Oc1ccc2c(n1)N(c1ccc(OC(O)(O)O)cc1)C(=O)N(c1ccc3nn(C)cc3c1)C2. The van der Waals surface area contributed by atoms with Gasteiger partial charge in [-0.15, -0.1) is 0 Å². The number of anilines is 3. The zero-order valence-corrected chi connectivity index (χ0v) is 19.9. The van der Waals surface area contributed by atoms with Crippen molar-refractivity contribution in [1.29, 1.82) is 0 Å². The minimum absolute atomic E-state index is 0.0142. The second kappa shape index (κ2) is 8.79. The van der Waals surface area contributed by atoms with Gasteiger partial charge < -0.3 is 24.8 Å². The fourth-order valence-electron chi connectivity index (χ4n) is 4.09. The minimum atomic E-state index is -3.32. The zero-order chi connectivity index (χ0) is 25.6. The van der Waals surface area contributed by atoms with Crippen LogP contribution in [0.15, 0.2) is 60.8 Å². The molecule has 0 unspecified atom stereocenters. The molecule has 0 fully saturated rings. The van der Waals surface area contributed by atoms with Gasteiger partial charge in [0.2, 0.25) is 5.88 Å². The van der Waals surface area contributed by atoms with E-state index in [1.807, 2.05) is 51.4 Å². The van der Waals surface area contributed by atoms with Crippen LogP contribution in [-0.2, 0) is 13.6 Å². The van der Waals surface area contributed by atoms with E-state index in [-0.39, 0.29) is 17.9 Å². The summed E-state index contributed by atoms with van der Waals surface area (Å²) in [6.07, 6.45) is -1.53. The quantitative estimate of drug-likeness (QED) is 0.351. The molecule has 2 aromatic carbocycles. The predicted octanol–water partition coefficient (Wildman–Crippen LogP) is 3.00. The zero-order valence-electron chi connectivity index (χ0n) is 19.9. The summed E-state index contributed by atoms with van der Waals surface area (Å²) in [7, 11) is 1.84. The molecular weight excluding hydrogens is 466 g/mol. The second-order valence-electron chi connectivity index (χ2n) is 8.72. The molecule has 11 heteroatoms. The summed E-state index contributed by atoms with van der Waals surface area (Å²) in [5.74, 6) is 0.795. The van der Waals surface area contributed by atoms with E-state index >= 15 is 0 Å². The fraction of sp³-hybridized carbons (Fsp3) is 0.240. The van der Waals surface area contributed by atoms with Crippen molar-refractivity contribution in [1.82, 2.24) is 14.8 Å². The Balaban J connectivity index is 1.57. The number of urea groups is 1. The summed E-state index contributed by atoms with van der Waals surface area (Å²) in [5, 5.41) is 32.6. The van der Waals surface area contributed by atoms with Crippen molar-refractivity contribution in [3.8, 4) is 11.6 Å². The minimum Gasteiger partial charge on any atom is -0.475 e. The maximum absolute atomic E-state index is 13.9. The number of aliphatic hydroxyl groups is 3. The topological polar surface area (TPSA) is 133 Å².